The Bertz CT molecular complexity index is 995. The molecule has 0 saturated carbocycles. The van der Waals surface area contributed by atoms with Crippen molar-refractivity contribution in [3.05, 3.63) is 73.7 Å². The van der Waals surface area contributed by atoms with Crippen LogP contribution in [0.15, 0.2) is 73.7 Å². The first-order valence-corrected chi connectivity index (χ1v) is 16.1. The smallest absolute Gasteiger partial charge is 0.361 e. The molecule has 2 saturated heterocycles. The van der Waals surface area contributed by atoms with Gasteiger partial charge in [0.05, 0.1) is 26.1 Å². The van der Waals surface area contributed by atoms with Crippen LogP contribution in [-0.2, 0) is 23.1 Å². The Kier molecular flexibility index (Phi) is 11.7. The first-order valence-electron chi connectivity index (χ1n) is 13.7. The molecule has 218 valence electrons. The zero-order chi connectivity index (χ0) is 28.0. The van der Waals surface area contributed by atoms with Gasteiger partial charge in [0.25, 0.3) is 0 Å². The number of benzene rings is 2. The molecule has 0 amide bonds. The van der Waals surface area contributed by atoms with Gasteiger partial charge in [-0.05, 0) is 49.4 Å². The Balaban J connectivity index is 1.39. The van der Waals surface area contributed by atoms with Gasteiger partial charge in [0, 0.05) is 6.61 Å². The molecule has 3 unspecified atom stereocenters. The fourth-order valence-electron chi connectivity index (χ4n) is 3.67. The normalized spacial score (nSPS) is 19.5. The van der Waals surface area contributed by atoms with Gasteiger partial charge in [-0.2, -0.15) is 0 Å². The summed E-state index contributed by atoms with van der Waals surface area (Å²) in [5.41, 5.74) is 1.78. The Hall–Kier alpha value is -3.02. The second-order valence-corrected chi connectivity index (χ2v) is 12.6. The summed E-state index contributed by atoms with van der Waals surface area (Å²) in [5.74, 6) is 2.55. The Morgan fingerprint density at radius 2 is 1.27 bits per heavy atom. The van der Waals surface area contributed by atoms with Crippen LogP contribution in [0.25, 0.3) is 0 Å². The number of rotatable bonds is 22. The molecular weight excluding hydrogens is 532 g/mol. The van der Waals surface area contributed by atoms with E-state index in [1.54, 1.807) is 5.70 Å². The van der Waals surface area contributed by atoms with Crippen LogP contribution in [0.4, 0.5) is 0 Å². The van der Waals surface area contributed by atoms with Crippen molar-refractivity contribution >= 4 is 8.56 Å². The highest BCUT2D eigenvalue weighted by molar-refractivity contribution is 6.71. The van der Waals surface area contributed by atoms with Crippen LogP contribution < -0.4 is 18.9 Å². The molecule has 0 N–H and O–H groups in total. The summed E-state index contributed by atoms with van der Waals surface area (Å²) in [5, 5.41) is 0. The van der Waals surface area contributed by atoms with Crippen LogP contribution in [-0.4, -0.2) is 79.7 Å². The fraction of sp³-hybridized carbons (Fsp3) is 0.467. The molecule has 0 radical (unpaired) electrons. The minimum absolute atomic E-state index is 0.145. The van der Waals surface area contributed by atoms with Crippen molar-refractivity contribution in [3.63, 3.8) is 0 Å². The van der Waals surface area contributed by atoms with Crippen molar-refractivity contribution in [2.45, 2.75) is 37.7 Å². The SMILES string of the molecule is C=COCCCCO[Si](C)(C=C)OC(COc1ccccc1OCC1CO1)COc1ccccc1OCC1CO1. The van der Waals surface area contributed by atoms with Crippen molar-refractivity contribution in [2.24, 2.45) is 0 Å². The molecule has 10 heteroatoms. The van der Waals surface area contributed by atoms with E-state index in [0.717, 1.165) is 26.1 Å². The molecule has 4 rings (SSSR count). The van der Waals surface area contributed by atoms with Crippen molar-refractivity contribution < 1.29 is 42.0 Å². The second kappa shape index (κ2) is 15.7. The Labute approximate surface area is 237 Å². The number of unbranched alkanes of at least 4 members (excludes halogenated alkanes) is 1. The average Bonchev–Trinajstić information content (AvgIpc) is 3.91. The summed E-state index contributed by atoms with van der Waals surface area (Å²) in [6.07, 6.45) is 2.96. The molecule has 2 aliphatic rings. The lowest BCUT2D eigenvalue weighted by Gasteiger charge is -2.29. The first-order chi connectivity index (χ1) is 19.6. The summed E-state index contributed by atoms with van der Waals surface area (Å²) in [7, 11) is -2.75. The van der Waals surface area contributed by atoms with Crippen molar-refractivity contribution in [1.29, 1.82) is 0 Å². The highest BCUT2D eigenvalue weighted by Gasteiger charge is 2.33. The molecule has 0 bridgehead atoms. The Morgan fingerprint density at radius 3 is 1.73 bits per heavy atom. The van der Waals surface area contributed by atoms with Gasteiger partial charge >= 0.3 is 8.56 Å². The summed E-state index contributed by atoms with van der Waals surface area (Å²) >= 11 is 0. The van der Waals surface area contributed by atoms with E-state index in [2.05, 4.69) is 13.2 Å². The van der Waals surface area contributed by atoms with E-state index < -0.39 is 14.7 Å². The van der Waals surface area contributed by atoms with E-state index in [-0.39, 0.29) is 25.4 Å². The number of hydrogen-bond acceptors (Lipinski definition) is 9. The third-order valence-corrected chi connectivity index (χ3v) is 8.46. The number of epoxide rings is 2. The molecule has 9 nitrogen and oxygen atoms in total. The van der Waals surface area contributed by atoms with Gasteiger partial charge in [-0.15, -0.1) is 6.58 Å². The largest absolute Gasteiger partial charge is 0.502 e. The number of para-hydroxylation sites is 4. The lowest BCUT2D eigenvalue weighted by Crippen LogP contribution is -2.44. The van der Waals surface area contributed by atoms with Gasteiger partial charge in [0.1, 0.15) is 44.7 Å². The zero-order valence-electron chi connectivity index (χ0n) is 23.2. The fourth-order valence-corrected chi connectivity index (χ4v) is 5.30. The standard InChI is InChI=1S/C30H40O9Si/c1-4-31-16-10-11-17-38-40(3,5-2)39-26(22-36-29-14-8-6-12-27(29)34-20-24-18-32-24)23-37-30-15-9-7-13-28(30)35-21-25-19-33-25/h4-9,12-15,24-26H,1-2,10-11,16-23H2,3H3. The molecule has 2 aliphatic heterocycles. The summed E-state index contributed by atoms with van der Waals surface area (Å²) < 4.78 is 52.7. The number of hydrogen-bond donors (Lipinski definition) is 0. The molecule has 3 atom stereocenters. The molecule has 0 spiro atoms. The predicted octanol–water partition coefficient (Wildman–Crippen LogP) is 4.84. The van der Waals surface area contributed by atoms with Crippen LogP contribution in [0.2, 0.25) is 6.55 Å². The van der Waals surface area contributed by atoms with E-state index in [4.69, 9.17) is 42.0 Å². The minimum atomic E-state index is -2.75. The quantitative estimate of drug-likeness (QED) is 0.0851. The number of ether oxygens (including phenoxy) is 7. The van der Waals surface area contributed by atoms with E-state index >= 15 is 0 Å². The molecule has 2 aromatic carbocycles. The predicted molar refractivity (Wildman–Crippen MR) is 152 cm³/mol. The van der Waals surface area contributed by atoms with Crippen LogP contribution in [0.3, 0.4) is 0 Å². The van der Waals surface area contributed by atoms with Crippen LogP contribution >= 0.6 is 0 Å². The highest BCUT2D eigenvalue weighted by atomic mass is 28.4. The molecule has 0 aromatic heterocycles. The zero-order valence-corrected chi connectivity index (χ0v) is 24.2. The monoisotopic (exact) mass is 572 g/mol. The highest BCUT2D eigenvalue weighted by Crippen LogP contribution is 2.30. The van der Waals surface area contributed by atoms with Gasteiger partial charge < -0.3 is 42.0 Å². The lowest BCUT2D eigenvalue weighted by molar-refractivity contribution is 0.0462. The van der Waals surface area contributed by atoms with Crippen molar-refractivity contribution in [2.75, 3.05) is 52.9 Å². The van der Waals surface area contributed by atoms with Gasteiger partial charge in [-0.1, -0.05) is 30.8 Å². The molecular formula is C30H40O9Si. The Morgan fingerprint density at radius 1 is 0.800 bits per heavy atom. The summed E-state index contributed by atoms with van der Waals surface area (Å²) in [6, 6.07) is 15.1. The molecule has 40 heavy (non-hydrogen) atoms. The minimum Gasteiger partial charge on any atom is -0.502 e. The summed E-state index contributed by atoms with van der Waals surface area (Å²) in [4.78, 5) is 0. The first kappa shape index (κ1) is 29.9. The van der Waals surface area contributed by atoms with E-state index in [0.29, 0.717) is 49.4 Å². The van der Waals surface area contributed by atoms with E-state index in [9.17, 15) is 0 Å². The average molecular weight is 573 g/mol. The maximum absolute atomic E-state index is 6.53. The van der Waals surface area contributed by atoms with E-state index in [1.165, 1.54) is 6.26 Å². The maximum Gasteiger partial charge on any atom is 0.361 e. The molecule has 2 fully saturated rings. The molecule has 2 aromatic rings. The van der Waals surface area contributed by atoms with Crippen LogP contribution in [0, 0.1) is 0 Å². The van der Waals surface area contributed by atoms with Gasteiger partial charge in [-0.25, -0.2) is 0 Å². The van der Waals surface area contributed by atoms with Gasteiger partial charge in [0.2, 0.25) is 0 Å². The third kappa shape index (κ3) is 10.5. The van der Waals surface area contributed by atoms with Crippen LogP contribution in [0.1, 0.15) is 12.8 Å². The van der Waals surface area contributed by atoms with Crippen LogP contribution in [0.5, 0.6) is 23.0 Å². The maximum atomic E-state index is 6.53. The summed E-state index contributed by atoms with van der Waals surface area (Å²) in [6.45, 7) is 13.5. The van der Waals surface area contributed by atoms with E-state index in [1.807, 2.05) is 55.1 Å². The second-order valence-electron chi connectivity index (χ2n) is 9.60. The van der Waals surface area contributed by atoms with Gasteiger partial charge in [-0.3, -0.25) is 0 Å². The third-order valence-electron chi connectivity index (χ3n) is 6.14. The molecule has 2 heterocycles. The molecule has 0 aliphatic carbocycles. The van der Waals surface area contributed by atoms with Gasteiger partial charge in [0.15, 0.2) is 23.0 Å². The van der Waals surface area contributed by atoms with Crippen molar-refractivity contribution in [1.82, 2.24) is 0 Å². The lowest BCUT2D eigenvalue weighted by atomic mass is 10.3. The van der Waals surface area contributed by atoms with Crippen molar-refractivity contribution in [3.8, 4) is 23.0 Å². The topological polar surface area (TPSA) is 89.7 Å².